The van der Waals surface area contributed by atoms with Crippen LogP contribution in [-0.2, 0) is 9.53 Å². The number of hydrogen-bond acceptors (Lipinski definition) is 4. The number of hydrogen-bond donors (Lipinski definition) is 1. The molecule has 0 aliphatic carbocycles. The number of nitrogens with zero attached hydrogens (tertiary/aromatic N) is 1. The Labute approximate surface area is 173 Å². The maximum atomic E-state index is 12.6. The monoisotopic (exact) mass is 404 g/mol. The molecule has 6 heteroatoms. The van der Waals surface area contributed by atoms with E-state index in [2.05, 4.69) is 11.4 Å². The van der Waals surface area contributed by atoms with Crippen LogP contribution in [0.25, 0.3) is 11.1 Å². The molecule has 1 amide bonds. The highest BCUT2D eigenvalue weighted by molar-refractivity contribution is 6.31. The van der Waals surface area contributed by atoms with Gasteiger partial charge in [-0.2, -0.15) is 5.26 Å². The van der Waals surface area contributed by atoms with Crippen molar-refractivity contribution in [1.82, 2.24) is 0 Å². The molecule has 0 fully saturated rings. The molecule has 0 bridgehead atoms. The summed E-state index contributed by atoms with van der Waals surface area (Å²) in [5.41, 5.74) is 3.32. The Balaban J connectivity index is 1.74. The molecule has 144 valence electrons. The van der Waals surface area contributed by atoms with E-state index in [1.165, 1.54) is 0 Å². The number of esters is 1. The van der Waals surface area contributed by atoms with Gasteiger partial charge in [0.2, 0.25) is 0 Å². The Kier molecular flexibility index (Phi) is 6.28. The van der Waals surface area contributed by atoms with Crippen LogP contribution in [0.4, 0.5) is 5.69 Å². The maximum absolute atomic E-state index is 12.6. The first-order valence-corrected chi connectivity index (χ1v) is 9.19. The molecule has 0 unspecified atom stereocenters. The number of rotatable bonds is 5. The largest absolute Gasteiger partial charge is 0.452 e. The molecule has 0 atom stereocenters. The molecule has 0 spiro atoms. The molecule has 3 rings (SSSR count). The van der Waals surface area contributed by atoms with Gasteiger partial charge in [0.15, 0.2) is 6.61 Å². The van der Waals surface area contributed by atoms with E-state index in [9.17, 15) is 14.9 Å². The van der Waals surface area contributed by atoms with Crippen LogP contribution in [0.1, 0.15) is 21.5 Å². The van der Waals surface area contributed by atoms with E-state index in [4.69, 9.17) is 16.3 Å². The third-order valence-corrected chi connectivity index (χ3v) is 4.53. The second kappa shape index (κ2) is 9.05. The minimum absolute atomic E-state index is 0.280. The van der Waals surface area contributed by atoms with Crippen LogP contribution in [0.5, 0.6) is 0 Å². The molecule has 0 aliphatic heterocycles. The summed E-state index contributed by atoms with van der Waals surface area (Å²) >= 11 is 5.95. The summed E-state index contributed by atoms with van der Waals surface area (Å²) in [5, 5.41) is 12.5. The molecule has 5 nitrogen and oxygen atoms in total. The first-order chi connectivity index (χ1) is 14.0. The zero-order valence-electron chi connectivity index (χ0n) is 15.6. The normalized spacial score (nSPS) is 10.1. The lowest BCUT2D eigenvalue weighted by molar-refractivity contribution is -0.119. The van der Waals surface area contributed by atoms with E-state index < -0.39 is 18.5 Å². The van der Waals surface area contributed by atoms with Gasteiger partial charge in [0, 0.05) is 16.3 Å². The van der Waals surface area contributed by atoms with Crippen molar-refractivity contribution in [1.29, 1.82) is 5.26 Å². The number of ether oxygens (including phenoxy) is 1. The summed E-state index contributed by atoms with van der Waals surface area (Å²) in [4.78, 5) is 24.8. The minimum atomic E-state index is -0.647. The summed E-state index contributed by atoms with van der Waals surface area (Å²) in [7, 11) is 0. The van der Waals surface area contributed by atoms with Crippen LogP contribution in [0.15, 0.2) is 66.7 Å². The molecule has 0 aromatic heterocycles. The van der Waals surface area contributed by atoms with E-state index in [1.54, 1.807) is 66.7 Å². The van der Waals surface area contributed by atoms with Crippen LogP contribution in [0.3, 0.4) is 0 Å². The number of aryl methyl sites for hydroxylation is 1. The van der Waals surface area contributed by atoms with Crippen molar-refractivity contribution in [3.8, 4) is 17.2 Å². The molecule has 0 aliphatic rings. The SMILES string of the molecule is Cc1ccc(Cl)cc1NC(=O)COC(=O)c1ccccc1-c1ccccc1C#N. The number of benzene rings is 3. The van der Waals surface area contributed by atoms with Crippen LogP contribution in [0.2, 0.25) is 5.02 Å². The maximum Gasteiger partial charge on any atom is 0.339 e. The summed E-state index contributed by atoms with van der Waals surface area (Å²) in [6.07, 6.45) is 0. The topological polar surface area (TPSA) is 79.2 Å². The van der Waals surface area contributed by atoms with Crippen molar-refractivity contribution in [2.24, 2.45) is 0 Å². The molecule has 0 saturated carbocycles. The molecule has 3 aromatic carbocycles. The Morgan fingerprint density at radius 2 is 1.72 bits per heavy atom. The van der Waals surface area contributed by atoms with Gasteiger partial charge in [-0.3, -0.25) is 4.79 Å². The number of nitriles is 1. The highest BCUT2D eigenvalue weighted by Crippen LogP contribution is 2.27. The van der Waals surface area contributed by atoms with Gasteiger partial charge in [-0.05, 0) is 42.3 Å². The van der Waals surface area contributed by atoms with Gasteiger partial charge in [-0.15, -0.1) is 0 Å². The number of anilines is 1. The van der Waals surface area contributed by atoms with E-state index in [0.717, 1.165) is 5.56 Å². The van der Waals surface area contributed by atoms with E-state index in [0.29, 0.717) is 27.4 Å². The van der Waals surface area contributed by atoms with Crippen molar-refractivity contribution in [3.63, 3.8) is 0 Å². The van der Waals surface area contributed by atoms with Crippen LogP contribution in [0, 0.1) is 18.3 Å². The lowest BCUT2D eigenvalue weighted by atomic mass is 9.96. The third kappa shape index (κ3) is 4.81. The van der Waals surface area contributed by atoms with Gasteiger partial charge in [-0.25, -0.2) is 4.79 Å². The fourth-order valence-corrected chi connectivity index (χ4v) is 3.01. The number of nitrogens with one attached hydrogen (secondary N) is 1. The highest BCUT2D eigenvalue weighted by atomic mass is 35.5. The molecular weight excluding hydrogens is 388 g/mol. The highest BCUT2D eigenvalue weighted by Gasteiger charge is 2.17. The van der Waals surface area contributed by atoms with Gasteiger partial charge >= 0.3 is 5.97 Å². The van der Waals surface area contributed by atoms with Gasteiger partial charge in [-0.1, -0.05) is 54.1 Å². The smallest absolute Gasteiger partial charge is 0.339 e. The molecule has 29 heavy (non-hydrogen) atoms. The fraction of sp³-hybridized carbons (Fsp3) is 0.0870. The van der Waals surface area contributed by atoms with Gasteiger partial charge in [0.25, 0.3) is 5.91 Å². The summed E-state index contributed by atoms with van der Waals surface area (Å²) in [6, 6.07) is 21.1. The average Bonchev–Trinajstić information content (AvgIpc) is 2.74. The van der Waals surface area contributed by atoms with Gasteiger partial charge < -0.3 is 10.1 Å². The first kappa shape index (κ1) is 20.1. The molecule has 0 radical (unpaired) electrons. The van der Waals surface area contributed by atoms with Crippen LogP contribution >= 0.6 is 11.6 Å². The lowest BCUT2D eigenvalue weighted by Crippen LogP contribution is -2.21. The second-order valence-electron chi connectivity index (χ2n) is 6.29. The predicted octanol–water partition coefficient (Wildman–Crippen LogP) is 4.98. The fourth-order valence-electron chi connectivity index (χ4n) is 2.84. The average molecular weight is 405 g/mol. The standard InChI is InChI=1S/C23H17ClN2O3/c1-15-10-11-17(24)12-21(15)26-22(27)14-29-23(28)20-9-5-4-8-19(20)18-7-3-2-6-16(18)13-25/h2-12H,14H2,1H3,(H,26,27). The number of carbonyl (C=O) groups is 2. The van der Waals surface area contributed by atoms with E-state index in [1.807, 2.05) is 6.92 Å². The van der Waals surface area contributed by atoms with Crippen LogP contribution in [-0.4, -0.2) is 18.5 Å². The van der Waals surface area contributed by atoms with Crippen molar-refractivity contribution in [2.45, 2.75) is 6.92 Å². The summed E-state index contributed by atoms with van der Waals surface area (Å²) < 4.78 is 5.20. The molecule has 1 N–H and O–H groups in total. The minimum Gasteiger partial charge on any atom is -0.452 e. The lowest BCUT2D eigenvalue weighted by Gasteiger charge is -2.12. The Bertz CT molecular complexity index is 1120. The van der Waals surface area contributed by atoms with E-state index >= 15 is 0 Å². The number of halogens is 1. The summed E-state index contributed by atoms with van der Waals surface area (Å²) in [5.74, 6) is -1.12. The van der Waals surface area contributed by atoms with Crippen molar-refractivity contribution >= 4 is 29.2 Å². The van der Waals surface area contributed by atoms with Crippen LogP contribution < -0.4 is 5.32 Å². The van der Waals surface area contributed by atoms with Crippen molar-refractivity contribution < 1.29 is 14.3 Å². The van der Waals surface area contributed by atoms with Crippen molar-refractivity contribution in [3.05, 3.63) is 88.4 Å². The predicted molar refractivity (Wildman–Crippen MR) is 112 cm³/mol. The van der Waals surface area contributed by atoms with Crippen molar-refractivity contribution in [2.75, 3.05) is 11.9 Å². The van der Waals surface area contributed by atoms with Gasteiger partial charge in [0.1, 0.15) is 0 Å². The second-order valence-corrected chi connectivity index (χ2v) is 6.72. The molecular formula is C23H17ClN2O3. The van der Waals surface area contributed by atoms with Gasteiger partial charge in [0.05, 0.1) is 17.2 Å². The Morgan fingerprint density at radius 3 is 2.48 bits per heavy atom. The quantitative estimate of drug-likeness (QED) is 0.608. The first-order valence-electron chi connectivity index (χ1n) is 8.81. The number of amides is 1. The molecule has 0 heterocycles. The third-order valence-electron chi connectivity index (χ3n) is 4.29. The zero-order valence-corrected chi connectivity index (χ0v) is 16.4. The Morgan fingerprint density at radius 1 is 1.03 bits per heavy atom. The molecule has 3 aromatic rings. The Hall–Kier alpha value is -3.62. The zero-order chi connectivity index (χ0) is 20.8. The number of carbonyl (C=O) groups excluding carboxylic acids is 2. The van der Waals surface area contributed by atoms with E-state index in [-0.39, 0.29) is 5.56 Å². The summed E-state index contributed by atoms with van der Waals surface area (Å²) in [6.45, 7) is 1.39. The molecule has 0 saturated heterocycles.